The Kier molecular flexibility index (Phi) is 8.75. The van der Waals surface area contributed by atoms with Gasteiger partial charge >= 0.3 is 0 Å². The quantitative estimate of drug-likeness (QED) is 0.349. The minimum absolute atomic E-state index is 0.122. The second-order valence-electron chi connectivity index (χ2n) is 6.74. The van der Waals surface area contributed by atoms with Gasteiger partial charge in [0, 0.05) is 32.3 Å². The zero-order valence-corrected chi connectivity index (χ0v) is 16.7. The highest BCUT2D eigenvalue weighted by molar-refractivity contribution is 5.97. The molecule has 0 aromatic heterocycles. The summed E-state index contributed by atoms with van der Waals surface area (Å²) in [5.41, 5.74) is 10.6. The van der Waals surface area contributed by atoms with Crippen LogP contribution in [-0.4, -0.2) is 61.8 Å². The average molecular weight is 400 g/mol. The van der Waals surface area contributed by atoms with E-state index < -0.39 is 17.9 Å². The smallest absolute Gasteiger partial charge is 0.267 e. The van der Waals surface area contributed by atoms with Crippen LogP contribution in [0.2, 0.25) is 0 Å². The number of hydrogen-bond donors (Lipinski definition) is 4. The second kappa shape index (κ2) is 11.3. The van der Waals surface area contributed by atoms with Crippen LogP contribution in [0.3, 0.4) is 0 Å². The number of hydrogen-bond acceptors (Lipinski definition) is 6. The summed E-state index contributed by atoms with van der Waals surface area (Å²) in [6, 6.07) is 14.3. The van der Waals surface area contributed by atoms with Gasteiger partial charge in [0.05, 0.1) is 6.61 Å². The third kappa shape index (κ3) is 6.65. The third-order valence-corrected chi connectivity index (χ3v) is 4.53. The van der Waals surface area contributed by atoms with Crippen molar-refractivity contribution in [1.82, 2.24) is 15.7 Å². The van der Waals surface area contributed by atoms with E-state index in [0.717, 1.165) is 24.2 Å². The van der Waals surface area contributed by atoms with Gasteiger partial charge in [0.1, 0.15) is 6.04 Å². The van der Waals surface area contributed by atoms with Crippen LogP contribution >= 0.6 is 0 Å². The summed E-state index contributed by atoms with van der Waals surface area (Å²) < 4.78 is 5.09. The predicted molar refractivity (Wildman–Crippen MR) is 110 cm³/mol. The lowest BCUT2D eigenvalue weighted by atomic mass is 10.0. The lowest BCUT2D eigenvalue weighted by Gasteiger charge is -2.16. The van der Waals surface area contributed by atoms with Gasteiger partial charge in [0.25, 0.3) is 11.8 Å². The molecule has 156 valence electrons. The highest BCUT2D eigenvalue weighted by Gasteiger charge is 2.19. The number of amides is 2. The van der Waals surface area contributed by atoms with Crippen molar-refractivity contribution in [2.75, 3.05) is 33.9 Å². The Hall–Kier alpha value is -2.78. The molecule has 0 aliphatic heterocycles. The van der Waals surface area contributed by atoms with Crippen molar-refractivity contribution >= 4 is 11.8 Å². The number of nitrogens with zero attached hydrogens (tertiary/aromatic N) is 1. The predicted octanol–water partition coefficient (Wildman–Crippen LogP) is 0.994. The summed E-state index contributed by atoms with van der Waals surface area (Å²) >= 11 is 0. The van der Waals surface area contributed by atoms with Crippen LogP contribution in [0.25, 0.3) is 11.1 Å². The number of methoxy groups -OCH3 is 1. The largest absolute Gasteiger partial charge is 0.383 e. The molecule has 29 heavy (non-hydrogen) atoms. The maximum absolute atomic E-state index is 12.3. The van der Waals surface area contributed by atoms with Crippen molar-refractivity contribution in [3.63, 3.8) is 0 Å². The molecule has 0 bridgehead atoms. The van der Waals surface area contributed by atoms with E-state index >= 15 is 0 Å². The number of likely N-dealkylation sites (N-methyl/N-ethyl adjacent to an activating group) is 1. The number of carbonyl (C=O) groups excluding carboxylic acids is 2. The Labute approximate surface area is 170 Å². The average Bonchev–Trinajstić information content (AvgIpc) is 2.76. The van der Waals surface area contributed by atoms with E-state index in [1.165, 1.54) is 11.0 Å². The molecule has 8 heteroatoms. The molecule has 0 radical (unpaired) electrons. The molecule has 2 rings (SSSR count). The molecule has 0 heterocycles. The first-order chi connectivity index (χ1) is 14.0. The van der Waals surface area contributed by atoms with E-state index in [9.17, 15) is 9.59 Å². The van der Waals surface area contributed by atoms with Crippen LogP contribution in [0.5, 0.6) is 0 Å². The summed E-state index contributed by atoms with van der Waals surface area (Å²) in [6.45, 7) is 2.29. The molecule has 0 aliphatic rings. The molecule has 2 aromatic rings. The molecule has 0 aliphatic carbocycles. The fourth-order valence-electron chi connectivity index (χ4n) is 2.81. The number of nitrogens with one attached hydrogen (secondary N) is 2. The van der Waals surface area contributed by atoms with Gasteiger partial charge < -0.3 is 15.8 Å². The summed E-state index contributed by atoms with van der Waals surface area (Å²) in [5, 5.41) is 11.2. The van der Waals surface area contributed by atoms with E-state index in [1.807, 2.05) is 24.3 Å². The van der Waals surface area contributed by atoms with Crippen LogP contribution in [-0.2, 0) is 16.1 Å². The zero-order valence-electron chi connectivity index (χ0n) is 16.7. The van der Waals surface area contributed by atoms with Crippen molar-refractivity contribution < 1.29 is 19.5 Å². The first kappa shape index (κ1) is 22.5. The fourth-order valence-corrected chi connectivity index (χ4v) is 2.81. The van der Waals surface area contributed by atoms with Gasteiger partial charge in [-0.2, -0.15) is 0 Å². The highest BCUT2D eigenvalue weighted by atomic mass is 16.5. The van der Waals surface area contributed by atoms with Gasteiger partial charge in [0.2, 0.25) is 0 Å². The molecule has 0 saturated heterocycles. The lowest BCUT2D eigenvalue weighted by Crippen LogP contribution is -2.50. The van der Waals surface area contributed by atoms with Crippen LogP contribution in [0.4, 0.5) is 0 Å². The number of benzene rings is 2. The molecule has 2 amide bonds. The Morgan fingerprint density at radius 3 is 2.21 bits per heavy atom. The summed E-state index contributed by atoms with van der Waals surface area (Å²) in [7, 11) is 3.75. The Morgan fingerprint density at radius 1 is 1.10 bits per heavy atom. The topological polar surface area (TPSA) is 117 Å². The number of hydroxylamine groups is 1. The normalized spacial score (nSPS) is 11.9. The monoisotopic (exact) mass is 400 g/mol. The molecular formula is C21H28N4O4. The minimum Gasteiger partial charge on any atom is -0.383 e. The van der Waals surface area contributed by atoms with Gasteiger partial charge in [-0.25, -0.2) is 5.48 Å². The fraction of sp³-hybridized carbons (Fsp3) is 0.333. The van der Waals surface area contributed by atoms with E-state index in [2.05, 4.69) is 29.4 Å². The molecular weight excluding hydrogens is 372 g/mol. The first-order valence-electron chi connectivity index (χ1n) is 9.30. The molecule has 5 N–H and O–H groups in total. The zero-order chi connectivity index (χ0) is 21.2. The standard InChI is InChI=1S/C21H28N4O4/c1-25(11-12-29-2)14-15-3-5-16(6-4-15)17-7-9-18(10-8-17)20(26)23-19(13-22)21(27)24-28/h3-10,19,28H,11-14,22H2,1-2H3,(H,23,26)(H,24,27)/t19-/m0/s1. The van der Waals surface area contributed by atoms with Crippen LogP contribution in [0, 0.1) is 0 Å². The van der Waals surface area contributed by atoms with Crippen molar-refractivity contribution in [2.45, 2.75) is 12.6 Å². The number of rotatable bonds is 10. The van der Waals surface area contributed by atoms with E-state index in [1.54, 1.807) is 19.2 Å². The molecule has 2 aromatic carbocycles. The maximum Gasteiger partial charge on any atom is 0.267 e. The summed E-state index contributed by atoms with van der Waals surface area (Å²) in [5.74, 6) is -1.20. The Morgan fingerprint density at radius 2 is 1.69 bits per heavy atom. The highest BCUT2D eigenvalue weighted by Crippen LogP contribution is 2.21. The van der Waals surface area contributed by atoms with E-state index in [-0.39, 0.29) is 6.54 Å². The second-order valence-corrected chi connectivity index (χ2v) is 6.74. The molecule has 0 spiro atoms. The molecule has 0 unspecified atom stereocenters. The molecule has 8 nitrogen and oxygen atoms in total. The van der Waals surface area contributed by atoms with Crippen molar-refractivity contribution in [3.05, 3.63) is 59.7 Å². The maximum atomic E-state index is 12.3. The SMILES string of the molecule is COCCN(C)Cc1ccc(-c2ccc(C(=O)N[C@@H](CN)C(=O)NO)cc2)cc1. The molecule has 0 saturated carbocycles. The first-order valence-corrected chi connectivity index (χ1v) is 9.30. The summed E-state index contributed by atoms with van der Waals surface area (Å²) in [4.78, 5) is 25.9. The van der Waals surface area contributed by atoms with Gasteiger partial charge in [-0.05, 0) is 35.9 Å². The number of nitrogens with two attached hydrogens (primary N) is 1. The van der Waals surface area contributed by atoms with Gasteiger partial charge in [-0.1, -0.05) is 36.4 Å². The summed E-state index contributed by atoms with van der Waals surface area (Å²) in [6.07, 6.45) is 0. The van der Waals surface area contributed by atoms with Gasteiger partial charge in [0.15, 0.2) is 0 Å². The lowest BCUT2D eigenvalue weighted by molar-refractivity contribution is -0.130. The van der Waals surface area contributed by atoms with Crippen molar-refractivity contribution in [3.8, 4) is 11.1 Å². The number of ether oxygens (including phenoxy) is 1. The van der Waals surface area contributed by atoms with Crippen LogP contribution < -0.4 is 16.5 Å². The molecule has 1 atom stereocenters. The van der Waals surface area contributed by atoms with Gasteiger partial charge in [-0.15, -0.1) is 0 Å². The van der Waals surface area contributed by atoms with E-state index in [4.69, 9.17) is 15.7 Å². The minimum atomic E-state index is -0.998. The number of carbonyl (C=O) groups is 2. The van der Waals surface area contributed by atoms with E-state index in [0.29, 0.717) is 12.2 Å². The third-order valence-electron chi connectivity index (χ3n) is 4.53. The van der Waals surface area contributed by atoms with Gasteiger partial charge in [-0.3, -0.25) is 19.7 Å². The Balaban J connectivity index is 2.00. The molecule has 0 fully saturated rings. The Bertz CT molecular complexity index is 793. The van der Waals surface area contributed by atoms with Crippen molar-refractivity contribution in [1.29, 1.82) is 0 Å². The van der Waals surface area contributed by atoms with Crippen LogP contribution in [0.15, 0.2) is 48.5 Å². The van der Waals surface area contributed by atoms with Crippen LogP contribution in [0.1, 0.15) is 15.9 Å². The van der Waals surface area contributed by atoms with Crippen molar-refractivity contribution in [2.24, 2.45) is 5.73 Å².